The van der Waals surface area contributed by atoms with Gasteiger partial charge in [-0.25, -0.2) is 0 Å². The molecular weight excluding hydrogens is 256 g/mol. The molecule has 1 fully saturated rings. The molecule has 0 aromatic rings. The van der Waals surface area contributed by atoms with E-state index in [0.29, 0.717) is 5.75 Å². The van der Waals surface area contributed by atoms with E-state index in [0.717, 1.165) is 25.0 Å². The molecule has 1 rings (SSSR count). The molecular formula is C11H22O4SSi. The second kappa shape index (κ2) is 6.22. The van der Waals surface area contributed by atoms with E-state index >= 15 is 0 Å². The van der Waals surface area contributed by atoms with Gasteiger partial charge < -0.3 is 13.6 Å². The SMILES string of the molecule is CC(C)(C)OC(=O)CSC[Si]1(C)OCCCO1. The Morgan fingerprint density at radius 1 is 1.35 bits per heavy atom. The number of hydrogen-bond acceptors (Lipinski definition) is 5. The van der Waals surface area contributed by atoms with Crippen LogP contribution in [0.5, 0.6) is 0 Å². The van der Waals surface area contributed by atoms with Crippen LogP contribution in [0.3, 0.4) is 0 Å². The lowest BCUT2D eigenvalue weighted by Crippen LogP contribution is -2.46. The van der Waals surface area contributed by atoms with Crippen LogP contribution in [0.15, 0.2) is 0 Å². The van der Waals surface area contributed by atoms with Gasteiger partial charge in [-0.15, -0.1) is 11.8 Å². The van der Waals surface area contributed by atoms with Gasteiger partial charge in [-0.2, -0.15) is 0 Å². The summed E-state index contributed by atoms with van der Waals surface area (Å²) in [4.78, 5) is 11.5. The largest absolute Gasteiger partial charge is 0.459 e. The van der Waals surface area contributed by atoms with Crippen molar-refractivity contribution in [3.8, 4) is 0 Å². The summed E-state index contributed by atoms with van der Waals surface area (Å²) in [6, 6.07) is 0. The lowest BCUT2D eigenvalue weighted by molar-refractivity contribution is -0.151. The summed E-state index contributed by atoms with van der Waals surface area (Å²) in [6.45, 7) is 9.25. The molecule has 1 saturated heterocycles. The Morgan fingerprint density at radius 2 is 1.94 bits per heavy atom. The van der Waals surface area contributed by atoms with Crippen molar-refractivity contribution in [1.82, 2.24) is 0 Å². The Kier molecular flexibility index (Phi) is 5.49. The first-order valence-electron chi connectivity index (χ1n) is 5.88. The number of carbonyl (C=O) groups is 1. The maximum Gasteiger partial charge on any atom is 0.345 e. The Morgan fingerprint density at radius 3 is 2.47 bits per heavy atom. The summed E-state index contributed by atoms with van der Waals surface area (Å²) in [5.41, 5.74) is -0.406. The zero-order chi connectivity index (χ0) is 12.9. The molecule has 0 N–H and O–H groups in total. The number of rotatable bonds is 4. The molecule has 17 heavy (non-hydrogen) atoms. The highest BCUT2D eigenvalue weighted by atomic mass is 32.2. The summed E-state index contributed by atoms with van der Waals surface area (Å²) in [5, 5.41) is 0.784. The maximum atomic E-state index is 11.5. The second-order valence-electron chi connectivity index (χ2n) is 5.26. The standard InChI is InChI=1S/C11H22O4SSi/c1-11(2,3)15-10(12)8-16-9-17(4)13-6-5-7-14-17/h5-9H2,1-4H3. The van der Waals surface area contributed by atoms with Crippen molar-refractivity contribution in [3.63, 3.8) is 0 Å². The lowest BCUT2D eigenvalue weighted by Gasteiger charge is -2.30. The fraction of sp³-hybridized carbons (Fsp3) is 0.909. The maximum absolute atomic E-state index is 11.5. The van der Waals surface area contributed by atoms with Crippen LogP contribution < -0.4 is 0 Å². The van der Waals surface area contributed by atoms with Crippen molar-refractivity contribution < 1.29 is 18.4 Å². The smallest absolute Gasteiger partial charge is 0.345 e. The lowest BCUT2D eigenvalue weighted by atomic mass is 10.2. The van der Waals surface area contributed by atoms with Gasteiger partial charge in [-0.1, -0.05) is 0 Å². The van der Waals surface area contributed by atoms with Crippen LogP contribution in [0.1, 0.15) is 27.2 Å². The van der Waals surface area contributed by atoms with Gasteiger partial charge in [0, 0.05) is 18.6 Å². The number of esters is 1. The fourth-order valence-corrected chi connectivity index (χ4v) is 5.47. The number of thioether (sulfide) groups is 1. The van der Waals surface area contributed by atoms with Gasteiger partial charge in [0.05, 0.1) is 5.75 Å². The fourth-order valence-electron chi connectivity index (χ4n) is 1.45. The summed E-state index contributed by atoms with van der Waals surface area (Å²) < 4.78 is 16.6. The molecule has 1 aliphatic rings. The van der Waals surface area contributed by atoms with Crippen molar-refractivity contribution in [2.75, 3.05) is 24.3 Å². The summed E-state index contributed by atoms with van der Waals surface area (Å²) >= 11 is 1.54. The number of carbonyl (C=O) groups excluding carboxylic acids is 1. The van der Waals surface area contributed by atoms with Crippen molar-refractivity contribution in [3.05, 3.63) is 0 Å². The zero-order valence-corrected chi connectivity index (χ0v) is 12.9. The molecule has 0 aromatic heterocycles. The van der Waals surface area contributed by atoms with Gasteiger partial charge in [0.25, 0.3) is 0 Å². The predicted octanol–water partition coefficient (Wildman–Crippen LogP) is 2.11. The third-order valence-corrected chi connectivity index (χ3v) is 7.09. The van der Waals surface area contributed by atoms with Gasteiger partial charge >= 0.3 is 14.5 Å². The third-order valence-electron chi connectivity index (χ3n) is 2.11. The van der Waals surface area contributed by atoms with E-state index in [1.165, 1.54) is 0 Å². The molecule has 0 radical (unpaired) electrons. The summed E-state index contributed by atoms with van der Waals surface area (Å²) in [7, 11) is -2.01. The molecule has 100 valence electrons. The topological polar surface area (TPSA) is 44.8 Å². The molecule has 0 amide bonds. The van der Waals surface area contributed by atoms with Crippen LogP contribution in [0.4, 0.5) is 0 Å². The van der Waals surface area contributed by atoms with E-state index in [4.69, 9.17) is 13.6 Å². The first-order valence-corrected chi connectivity index (χ1v) is 9.56. The average Bonchev–Trinajstić information content (AvgIpc) is 2.15. The van der Waals surface area contributed by atoms with Crippen LogP contribution in [-0.4, -0.2) is 44.5 Å². The molecule has 0 saturated carbocycles. The number of hydrogen-bond donors (Lipinski definition) is 0. The monoisotopic (exact) mass is 278 g/mol. The third kappa shape index (κ3) is 6.45. The van der Waals surface area contributed by atoms with E-state index in [-0.39, 0.29) is 5.97 Å². The van der Waals surface area contributed by atoms with Crippen molar-refractivity contribution in [1.29, 1.82) is 0 Å². The van der Waals surface area contributed by atoms with E-state index in [1.807, 2.05) is 27.3 Å². The summed E-state index contributed by atoms with van der Waals surface area (Å²) in [6.07, 6.45) is 0.972. The highest BCUT2D eigenvalue weighted by Crippen LogP contribution is 2.19. The van der Waals surface area contributed by atoms with Gasteiger partial charge in [0.2, 0.25) is 0 Å². The normalized spacial score (nSPS) is 20.0. The van der Waals surface area contributed by atoms with E-state index in [2.05, 4.69) is 0 Å². The second-order valence-corrected chi connectivity index (χ2v) is 9.96. The van der Waals surface area contributed by atoms with Crippen LogP contribution in [0, 0.1) is 0 Å². The highest BCUT2D eigenvalue weighted by Gasteiger charge is 2.34. The van der Waals surface area contributed by atoms with Crippen LogP contribution in [0.2, 0.25) is 6.55 Å². The summed E-state index contributed by atoms with van der Waals surface area (Å²) in [5.74, 6) is 0.197. The van der Waals surface area contributed by atoms with Crippen molar-refractivity contribution >= 4 is 26.3 Å². The first kappa shape index (κ1) is 15.0. The molecule has 0 bridgehead atoms. The molecule has 0 aromatic carbocycles. The van der Waals surface area contributed by atoms with Crippen molar-refractivity contribution in [2.45, 2.75) is 39.3 Å². The molecule has 6 heteroatoms. The Bertz CT molecular complexity index is 259. The van der Waals surface area contributed by atoms with Gasteiger partial charge in [-0.3, -0.25) is 4.79 Å². The van der Waals surface area contributed by atoms with Gasteiger partial charge in [0.1, 0.15) is 5.60 Å². The molecule has 4 nitrogen and oxygen atoms in total. The van der Waals surface area contributed by atoms with Crippen molar-refractivity contribution in [2.24, 2.45) is 0 Å². The minimum atomic E-state index is -2.01. The molecule has 0 atom stereocenters. The highest BCUT2D eigenvalue weighted by molar-refractivity contribution is 8.01. The number of ether oxygens (including phenoxy) is 1. The average molecular weight is 278 g/mol. The van der Waals surface area contributed by atoms with E-state index in [1.54, 1.807) is 11.8 Å². The van der Waals surface area contributed by atoms with Crippen LogP contribution >= 0.6 is 11.8 Å². The Labute approximate surface area is 109 Å². The molecule has 0 aliphatic carbocycles. The van der Waals surface area contributed by atoms with Gasteiger partial charge in [0.15, 0.2) is 0 Å². The molecule has 1 aliphatic heterocycles. The first-order chi connectivity index (χ1) is 7.81. The van der Waals surface area contributed by atoms with Crippen LogP contribution in [0.25, 0.3) is 0 Å². The van der Waals surface area contributed by atoms with Crippen LogP contribution in [-0.2, 0) is 18.4 Å². The predicted molar refractivity (Wildman–Crippen MR) is 71.3 cm³/mol. The van der Waals surface area contributed by atoms with E-state index < -0.39 is 14.2 Å². The molecule has 0 spiro atoms. The zero-order valence-electron chi connectivity index (χ0n) is 11.1. The Hall–Kier alpha value is -0.0431. The molecule has 0 unspecified atom stereocenters. The van der Waals surface area contributed by atoms with Gasteiger partial charge in [-0.05, 0) is 33.7 Å². The van der Waals surface area contributed by atoms with E-state index in [9.17, 15) is 4.79 Å². The molecule has 1 heterocycles. The minimum Gasteiger partial charge on any atom is -0.459 e. The minimum absolute atomic E-state index is 0.170. The quantitative estimate of drug-likeness (QED) is 0.582. The Balaban J connectivity index is 2.20.